The molecule has 0 aliphatic carbocycles. The van der Waals surface area contributed by atoms with Crippen LogP contribution < -0.4 is 20.9 Å². The molecule has 1 saturated heterocycles. The topological polar surface area (TPSA) is 122 Å². The number of ether oxygens (including phenoxy) is 1. The molecular formula is C21H32N4O5S. The smallest absolute Gasteiger partial charge is 0.414 e. The van der Waals surface area contributed by atoms with Gasteiger partial charge in [-0.3, -0.25) is 9.69 Å². The molecule has 0 spiro atoms. The molecule has 0 bridgehead atoms. The lowest BCUT2D eigenvalue weighted by Gasteiger charge is -2.40. The maximum absolute atomic E-state index is 12.8. The van der Waals surface area contributed by atoms with E-state index in [0.29, 0.717) is 31.0 Å². The molecule has 0 saturated carbocycles. The Morgan fingerprint density at radius 2 is 1.94 bits per heavy atom. The van der Waals surface area contributed by atoms with Crippen LogP contribution in [0.25, 0.3) is 0 Å². The fourth-order valence-corrected chi connectivity index (χ4v) is 5.51. The zero-order chi connectivity index (χ0) is 22.9. The standard InChI is InChI=1S/C21H32N4O5S/c1-13(2)30-21(27)24-10-14(3)25(15(4)26)19-6-5-16(7-20(19)24)17(8-22)9-23-18-11-31(28,29)12-18/h5-7,13-14,17-18,23H,8-12,22H2,1-4H3/t14-,17?/m0/s1. The third-order valence-electron chi connectivity index (χ3n) is 5.65. The van der Waals surface area contributed by atoms with Crippen molar-refractivity contribution in [2.24, 2.45) is 5.73 Å². The van der Waals surface area contributed by atoms with Crippen molar-refractivity contribution in [1.29, 1.82) is 0 Å². The van der Waals surface area contributed by atoms with Crippen LogP contribution in [0.3, 0.4) is 0 Å². The summed E-state index contributed by atoms with van der Waals surface area (Å²) >= 11 is 0. The number of nitrogens with zero attached hydrogens (tertiary/aromatic N) is 2. The minimum atomic E-state index is -2.90. The number of carbonyl (C=O) groups is 2. The molecule has 0 aromatic heterocycles. The maximum atomic E-state index is 12.8. The third kappa shape index (κ3) is 5.19. The normalized spacial score (nSPS) is 21.4. The number of hydrogen-bond acceptors (Lipinski definition) is 7. The minimum absolute atomic E-state index is 0.0525. The summed E-state index contributed by atoms with van der Waals surface area (Å²) in [6.07, 6.45) is -0.717. The molecule has 2 amide bonds. The van der Waals surface area contributed by atoms with Crippen molar-refractivity contribution < 1.29 is 22.7 Å². The number of rotatable bonds is 6. The predicted molar refractivity (Wildman–Crippen MR) is 120 cm³/mol. The van der Waals surface area contributed by atoms with Gasteiger partial charge in [-0.2, -0.15) is 0 Å². The highest BCUT2D eigenvalue weighted by Crippen LogP contribution is 2.38. The molecule has 2 aliphatic heterocycles. The molecule has 1 fully saturated rings. The second-order valence-electron chi connectivity index (χ2n) is 8.64. The molecule has 1 unspecified atom stereocenters. The van der Waals surface area contributed by atoms with E-state index < -0.39 is 15.9 Å². The van der Waals surface area contributed by atoms with Crippen molar-refractivity contribution >= 4 is 33.2 Å². The first-order chi connectivity index (χ1) is 14.5. The summed E-state index contributed by atoms with van der Waals surface area (Å²) in [5, 5.41) is 3.27. The second-order valence-corrected chi connectivity index (χ2v) is 10.8. The molecule has 3 rings (SSSR count). The van der Waals surface area contributed by atoms with Crippen LogP contribution in [0.5, 0.6) is 0 Å². The van der Waals surface area contributed by atoms with Gasteiger partial charge in [0, 0.05) is 38.5 Å². The van der Waals surface area contributed by atoms with E-state index in [4.69, 9.17) is 10.5 Å². The number of anilines is 2. The number of fused-ring (bicyclic) bond motifs is 1. The first kappa shape index (κ1) is 23.5. The highest BCUT2D eigenvalue weighted by Gasteiger charge is 2.36. The molecule has 31 heavy (non-hydrogen) atoms. The number of benzene rings is 1. The van der Waals surface area contributed by atoms with Crippen molar-refractivity contribution in [1.82, 2.24) is 5.32 Å². The predicted octanol–water partition coefficient (Wildman–Crippen LogP) is 1.22. The van der Waals surface area contributed by atoms with E-state index >= 15 is 0 Å². The summed E-state index contributed by atoms with van der Waals surface area (Å²) in [6.45, 7) is 8.20. The van der Waals surface area contributed by atoms with Crippen molar-refractivity contribution in [3.63, 3.8) is 0 Å². The van der Waals surface area contributed by atoms with Crippen LogP contribution in [-0.2, 0) is 19.4 Å². The van der Waals surface area contributed by atoms with Gasteiger partial charge in [0.15, 0.2) is 9.84 Å². The van der Waals surface area contributed by atoms with Gasteiger partial charge in [-0.15, -0.1) is 0 Å². The quantitative estimate of drug-likeness (QED) is 0.665. The molecule has 1 aromatic carbocycles. The van der Waals surface area contributed by atoms with E-state index in [1.165, 1.54) is 6.92 Å². The van der Waals surface area contributed by atoms with E-state index in [0.717, 1.165) is 5.56 Å². The molecule has 2 atom stereocenters. The van der Waals surface area contributed by atoms with Gasteiger partial charge in [0.1, 0.15) is 0 Å². The van der Waals surface area contributed by atoms with Crippen molar-refractivity contribution in [3.05, 3.63) is 23.8 Å². The molecular weight excluding hydrogens is 420 g/mol. The van der Waals surface area contributed by atoms with Crippen LogP contribution in [0.2, 0.25) is 0 Å². The van der Waals surface area contributed by atoms with Crippen molar-refractivity contribution in [3.8, 4) is 0 Å². The van der Waals surface area contributed by atoms with Gasteiger partial charge >= 0.3 is 6.09 Å². The summed E-state index contributed by atoms with van der Waals surface area (Å²) in [6, 6.07) is 5.39. The van der Waals surface area contributed by atoms with Crippen LogP contribution in [0.4, 0.5) is 16.2 Å². The Balaban J connectivity index is 1.88. The third-order valence-corrected chi connectivity index (χ3v) is 7.47. The van der Waals surface area contributed by atoms with Crippen LogP contribution in [-0.4, -0.2) is 69.7 Å². The number of nitrogens with two attached hydrogens (primary N) is 1. The molecule has 0 radical (unpaired) electrons. The van der Waals surface area contributed by atoms with Crippen LogP contribution in [0.15, 0.2) is 18.2 Å². The molecule has 9 nitrogen and oxygen atoms in total. The molecule has 10 heteroatoms. The Hall–Kier alpha value is -2.17. The van der Waals surface area contributed by atoms with E-state index in [1.807, 2.05) is 25.1 Å². The Morgan fingerprint density at radius 1 is 1.26 bits per heavy atom. The van der Waals surface area contributed by atoms with Gasteiger partial charge in [-0.25, -0.2) is 13.2 Å². The fraction of sp³-hybridized carbons (Fsp3) is 0.619. The van der Waals surface area contributed by atoms with Gasteiger partial charge in [0.2, 0.25) is 5.91 Å². The first-order valence-corrected chi connectivity index (χ1v) is 12.4. The number of carbonyl (C=O) groups excluding carboxylic acids is 2. The SMILES string of the molecule is CC(=O)N1c2ccc(C(CN)CNC3CS(=O)(=O)C3)cc2N(C(=O)OC(C)C)C[C@@H]1C. The molecule has 1 aromatic rings. The largest absolute Gasteiger partial charge is 0.446 e. The monoisotopic (exact) mass is 452 g/mol. The Bertz CT molecular complexity index is 937. The van der Waals surface area contributed by atoms with Gasteiger partial charge in [0.25, 0.3) is 0 Å². The average Bonchev–Trinajstić information content (AvgIpc) is 2.65. The lowest BCUT2D eigenvalue weighted by atomic mass is 9.96. The molecule has 2 aliphatic rings. The first-order valence-electron chi connectivity index (χ1n) is 10.6. The van der Waals surface area contributed by atoms with E-state index in [1.54, 1.807) is 23.6 Å². The summed E-state index contributed by atoms with van der Waals surface area (Å²) < 4.78 is 28.2. The van der Waals surface area contributed by atoms with Gasteiger partial charge in [-0.1, -0.05) is 6.07 Å². The van der Waals surface area contributed by atoms with Crippen molar-refractivity contribution in [2.75, 3.05) is 40.9 Å². The highest BCUT2D eigenvalue weighted by atomic mass is 32.2. The zero-order valence-electron chi connectivity index (χ0n) is 18.5. The van der Waals surface area contributed by atoms with E-state index in [-0.39, 0.29) is 41.5 Å². The molecule has 172 valence electrons. The Kier molecular flexibility index (Phi) is 6.92. The second kappa shape index (κ2) is 9.13. The van der Waals surface area contributed by atoms with E-state index in [9.17, 15) is 18.0 Å². The number of hydrogen-bond donors (Lipinski definition) is 2. The summed E-state index contributed by atoms with van der Waals surface area (Å²) in [5.74, 6) is 0.132. The summed E-state index contributed by atoms with van der Waals surface area (Å²) in [5.41, 5.74) is 8.19. The molecule has 2 heterocycles. The average molecular weight is 453 g/mol. The van der Waals surface area contributed by atoms with Gasteiger partial charge in [0.05, 0.1) is 35.0 Å². The van der Waals surface area contributed by atoms with Crippen molar-refractivity contribution in [2.45, 2.75) is 51.8 Å². The van der Waals surface area contributed by atoms with E-state index in [2.05, 4.69) is 5.32 Å². The zero-order valence-corrected chi connectivity index (χ0v) is 19.3. The lowest BCUT2D eigenvalue weighted by Crippen LogP contribution is -2.52. The van der Waals surface area contributed by atoms with Crippen LogP contribution in [0, 0.1) is 0 Å². The van der Waals surface area contributed by atoms with Crippen LogP contribution >= 0.6 is 0 Å². The lowest BCUT2D eigenvalue weighted by molar-refractivity contribution is -0.117. The fourth-order valence-electron chi connectivity index (χ4n) is 4.14. The highest BCUT2D eigenvalue weighted by molar-refractivity contribution is 7.92. The Labute approximate surface area is 183 Å². The van der Waals surface area contributed by atoms with Gasteiger partial charge < -0.3 is 20.7 Å². The minimum Gasteiger partial charge on any atom is -0.446 e. The Morgan fingerprint density at radius 3 is 2.48 bits per heavy atom. The molecule has 3 N–H and O–H groups in total. The number of nitrogens with one attached hydrogen (secondary N) is 1. The number of sulfone groups is 1. The van der Waals surface area contributed by atoms with Gasteiger partial charge in [-0.05, 0) is 38.5 Å². The van der Waals surface area contributed by atoms with Crippen LogP contribution in [0.1, 0.15) is 39.2 Å². The maximum Gasteiger partial charge on any atom is 0.414 e. The summed E-state index contributed by atoms with van der Waals surface area (Å²) in [7, 11) is -2.90. The number of amides is 2. The summed E-state index contributed by atoms with van der Waals surface area (Å²) in [4.78, 5) is 28.3.